The molecule has 4 amide bonds. The van der Waals surface area contributed by atoms with Crippen LogP contribution in [0.25, 0.3) is 21.8 Å². The molecule has 3 aliphatic heterocycles. The number of carbonyl (C=O) groups is 3. The van der Waals surface area contributed by atoms with Crippen molar-refractivity contribution in [3.8, 4) is 11.8 Å². The number of urea groups is 1. The molecule has 4 fully saturated rings. The number of aromatic nitrogens is 3. The van der Waals surface area contributed by atoms with Gasteiger partial charge in [-0.1, -0.05) is 33.8 Å². The van der Waals surface area contributed by atoms with Gasteiger partial charge in [0.2, 0.25) is 5.91 Å². The Bertz CT molecular complexity index is 2600. The minimum Gasteiger partial charge on any atom is -0.488 e. The molecule has 322 valence electrons. The molecule has 0 bridgehead atoms. The minimum atomic E-state index is -1.14. The largest absolute Gasteiger partial charge is 0.488 e. The van der Waals surface area contributed by atoms with Gasteiger partial charge in [0, 0.05) is 85.1 Å². The van der Waals surface area contributed by atoms with E-state index in [1.54, 1.807) is 41.3 Å². The molecule has 4 aliphatic rings. The van der Waals surface area contributed by atoms with Gasteiger partial charge in [-0.25, -0.2) is 13.6 Å². The lowest BCUT2D eigenvalue weighted by Crippen LogP contribution is -2.74. The van der Waals surface area contributed by atoms with E-state index in [0.29, 0.717) is 53.6 Å². The van der Waals surface area contributed by atoms with Crippen molar-refractivity contribution in [3.63, 3.8) is 0 Å². The molecule has 62 heavy (non-hydrogen) atoms. The summed E-state index contributed by atoms with van der Waals surface area (Å²) in [5, 5.41) is 21.2. The second-order valence-electron chi connectivity index (χ2n) is 18.5. The molecule has 5 aromatic rings. The van der Waals surface area contributed by atoms with E-state index in [1.807, 2.05) is 62.9 Å². The highest BCUT2D eigenvalue weighted by atomic mass is 19.1. The summed E-state index contributed by atoms with van der Waals surface area (Å²) in [6.45, 7) is 11.5. The standard InChI is InChI=1S/C47H51F2N9O4/c1-46(2)43(47(3,4)44(46)62-39-13-11-30(24-50)41-31(39)7-6-18-51-41)54-42(60)29-10-12-37(33(48)23-29)56-20-14-28(15-21-56)26-55-19-16-38(34(49)27-55)58-36-9-5-8-35(32(36)25-52-58)57-22-17-40(59)53-45(57)61/h5-13,18,23,25,28,34,38,43-44H,14-17,19-22,26-27H2,1-4H3,(H,54,60)(H,53,59,61)/t34-,38+,43?,44?/m0/s1. The number of nitrogens with one attached hydrogen (secondary N) is 2. The lowest BCUT2D eigenvalue weighted by molar-refractivity contribution is -0.163. The van der Waals surface area contributed by atoms with E-state index in [9.17, 15) is 19.6 Å². The average Bonchev–Trinajstić information content (AvgIpc) is 3.69. The SMILES string of the molecule is CC1(C)C(NC(=O)c2ccc(N3CCC(CN4CC[C@@H](n5ncc6c(N7CCC(=O)NC7=O)cccc65)[C@@H](F)C4)CC3)c(F)c2)C(C)(C)C1Oc1ccc(C#N)c2ncccc12. The third kappa shape index (κ3) is 7.27. The molecule has 5 heterocycles. The van der Waals surface area contributed by atoms with Crippen molar-refractivity contribution in [3.05, 3.63) is 90.0 Å². The number of benzene rings is 3. The Morgan fingerprint density at radius 1 is 0.968 bits per heavy atom. The number of rotatable bonds is 9. The molecule has 2 atom stereocenters. The lowest BCUT2D eigenvalue weighted by atomic mass is 9.49. The molecule has 0 unspecified atom stereocenters. The van der Waals surface area contributed by atoms with Crippen molar-refractivity contribution < 1.29 is 27.9 Å². The first-order valence-corrected chi connectivity index (χ1v) is 21.5. The second-order valence-corrected chi connectivity index (χ2v) is 18.5. The molecular formula is C47H51F2N9O4. The first kappa shape index (κ1) is 41.2. The fourth-order valence-corrected chi connectivity index (χ4v) is 10.9. The number of piperidine rings is 2. The van der Waals surface area contributed by atoms with Crippen molar-refractivity contribution in [1.29, 1.82) is 5.26 Å². The number of alkyl halides is 1. The number of carbonyl (C=O) groups excluding carboxylic acids is 3. The summed E-state index contributed by atoms with van der Waals surface area (Å²) < 4.78 is 40.1. The molecule has 9 rings (SSSR count). The zero-order valence-corrected chi connectivity index (χ0v) is 35.4. The number of hydrogen-bond acceptors (Lipinski definition) is 9. The summed E-state index contributed by atoms with van der Waals surface area (Å²) >= 11 is 0. The maximum atomic E-state index is 15.9. The van der Waals surface area contributed by atoms with Crippen LogP contribution in [-0.2, 0) is 4.79 Å². The van der Waals surface area contributed by atoms with Gasteiger partial charge >= 0.3 is 6.03 Å². The lowest BCUT2D eigenvalue weighted by Gasteiger charge is -2.63. The van der Waals surface area contributed by atoms with Crippen molar-refractivity contribution in [2.75, 3.05) is 49.1 Å². The predicted molar refractivity (Wildman–Crippen MR) is 231 cm³/mol. The number of nitrogens with zero attached hydrogens (tertiary/aromatic N) is 7. The van der Waals surface area contributed by atoms with E-state index < -0.39 is 34.9 Å². The van der Waals surface area contributed by atoms with Gasteiger partial charge in [0.15, 0.2) is 0 Å². The van der Waals surface area contributed by atoms with Crippen LogP contribution in [0.2, 0.25) is 0 Å². The summed E-state index contributed by atoms with van der Waals surface area (Å²) in [6, 6.07) is 18.5. The van der Waals surface area contributed by atoms with Gasteiger partial charge < -0.3 is 19.9 Å². The van der Waals surface area contributed by atoms with Crippen LogP contribution in [-0.4, -0.2) is 95.1 Å². The molecule has 0 spiro atoms. The molecule has 13 nitrogen and oxygen atoms in total. The van der Waals surface area contributed by atoms with Crippen LogP contribution >= 0.6 is 0 Å². The maximum Gasteiger partial charge on any atom is 0.328 e. The van der Waals surface area contributed by atoms with E-state index in [0.717, 1.165) is 42.2 Å². The van der Waals surface area contributed by atoms with E-state index in [1.165, 1.54) is 11.0 Å². The molecule has 1 aliphatic carbocycles. The predicted octanol–water partition coefficient (Wildman–Crippen LogP) is 7.16. The van der Waals surface area contributed by atoms with E-state index >= 15 is 8.78 Å². The maximum absolute atomic E-state index is 15.9. The Hall–Kier alpha value is -6.14. The van der Waals surface area contributed by atoms with Gasteiger partial charge in [-0.05, 0) is 79.8 Å². The number of fused-ring (bicyclic) bond motifs is 2. The molecule has 15 heteroatoms. The van der Waals surface area contributed by atoms with Gasteiger partial charge in [0.1, 0.15) is 29.9 Å². The number of likely N-dealkylation sites (tertiary alicyclic amines) is 1. The zero-order valence-electron chi connectivity index (χ0n) is 35.4. The highest BCUT2D eigenvalue weighted by Crippen LogP contribution is 2.56. The molecule has 3 saturated heterocycles. The van der Waals surface area contributed by atoms with E-state index in [-0.39, 0.29) is 49.0 Å². The first-order valence-electron chi connectivity index (χ1n) is 21.5. The van der Waals surface area contributed by atoms with Gasteiger partial charge in [0.25, 0.3) is 5.91 Å². The Morgan fingerprint density at radius 2 is 1.76 bits per heavy atom. The summed E-state index contributed by atoms with van der Waals surface area (Å²) in [7, 11) is 0. The second kappa shape index (κ2) is 16.0. The van der Waals surface area contributed by atoms with Crippen LogP contribution in [0.3, 0.4) is 0 Å². The molecule has 3 aromatic carbocycles. The highest BCUT2D eigenvalue weighted by Gasteiger charge is 2.64. The first-order chi connectivity index (χ1) is 29.7. The van der Waals surface area contributed by atoms with E-state index in [4.69, 9.17) is 4.74 Å². The van der Waals surface area contributed by atoms with E-state index in [2.05, 4.69) is 31.7 Å². The summed E-state index contributed by atoms with van der Waals surface area (Å²) in [5.74, 6) is -0.127. The van der Waals surface area contributed by atoms with Crippen LogP contribution in [0.1, 0.15) is 75.3 Å². The number of nitriles is 1. The van der Waals surface area contributed by atoms with Crippen LogP contribution < -0.4 is 25.2 Å². The quantitative estimate of drug-likeness (QED) is 0.158. The van der Waals surface area contributed by atoms with Gasteiger partial charge in [-0.15, -0.1) is 0 Å². The van der Waals surface area contributed by atoms with Crippen molar-refractivity contribution in [2.24, 2.45) is 16.7 Å². The summed E-state index contributed by atoms with van der Waals surface area (Å²) in [4.78, 5) is 48.1. The number of imide groups is 1. The molecule has 2 aromatic heterocycles. The molecule has 2 N–H and O–H groups in total. The van der Waals surface area contributed by atoms with Crippen LogP contribution in [0.4, 0.5) is 25.0 Å². The normalized spacial score (nSPS) is 24.1. The third-order valence-corrected chi connectivity index (χ3v) is 13.8. The topological polar surface area (TPSA) is 149 Å². The van der Waals surface area contributed by atoms with Crippen LogP contribution in [0.5, 0.6) is 5.75 Å². The monoisotopic (exact) mass is 843 g/mol. The number of ether oxygens (including phenoxy) is 1. The third-order valence-electron chi connectivity index (χ3n) is 13.8. The number of pyridine rings is 1. The molecule has 0 radical (unpaired) electrons. The smallest absolute Gasteiger partial charge is 0.328 e. The fraction of sp³-hybridized carbons (Fsp3) is 0.447. The Balaban J connectivity index is 0.775. The number of amides is 4. The molecule has 1 saturated carbocycles. The van der Waals surface area contributed by atoms with Crippen molar-refractivity contribution in [1.82, 2.24) is 30.3 Å². The Morgan fingerprint density at radius 3 is 2.48 bits per heavy atom. The van der Waals surface area contributed by atoms with Gasteiger partial charge in [-0.2, -0.15) is 10.4 Å². The van der Waals surface area contributed by atoms with Crippen molar-refractivity contribution in [2.45, 2.75) is 77.7 Å². The number of hydrogen-bond donors (Lipinski definition) is 2. The van der Waals surface area contributed by atoms with Gasteiger partial charge in [-0.3, -0.25) is 29.5 Å². The number of halogens is 2. The zero-order chi connectivity index (χ0) is 43.5. The van der Waals surface area contributed by atoms with Gasteiger partial charge in [0.05, 0.1) is 40.2 Å². The fourth-order valence-electron chi connectivity index (χ4n) is 10.9. The average molecular weight is 844 g/mol. The summed E-state index contributed by atoms with van der Waals surface area (Å²) in [6.07, 6.45) is 4.39. The Labute approximate surface area is 359 Å². The van der Waals surface area contributed by atoms with Crippen LogP contribution in [0, 0.1) is 33.9 Å². The number of anilines is 2. The highest BCUT2D eigenvalue weighted by molar-refractivity contribution is 6.09. The van der Waals surface area contributed by atoms with Crippen LogP contribution in [0.15, 0.2) is 73.1 Å². The van der Waals surface area contributed by atoms with Crippen molar-refractivity contribution >= 4 is 51.0 Å². The molecular weight excluding hydrogens is 793 g/mol. The Kier molecular flexibility index (Phi) is 10.6. The summed E-state index contributed by atoms with van der Waals surface area (Å²) in [5.41, 5.74) is 2.23. The minimum absolute atomic E-state index is 0.211.